The van der Waals surface area contributed by atoms with E-state index in [0.29, 0.717) is 0 Å². The second kappa shape index (κ2) is 6.23. The molecular formula is C9H12ClNO3. The van der Waals surface area contributed by atoms with Gasteiger partial charge in [-0.05, 0) is 12.1 Å². The number of para-hydroxylation sites is 1. The number of aliphatic hydroxyl groups excluding tert-OH is 1. The summed E-state index contributed by atoms with van der Waals surface area (Å²) >= 11 is 0. The summed E-state index contributed by atoms with van der Waals surface area (Å²) in [6.07, 6.45) is -1.36. The summed E-state index contributed by atoms with van der Waals surface area (Å²) in [7, 11) is 0. The Balaban J connectivity index is 0.00000169. The van der Waals surface area contributed by atoms with E-state index < -0.39 is 12.1 Å². The summed E-state index contributed by atoms with van der Waals surface area (Å²) < 4.78 is 0. The van der Waals surface area contributed by atoms with Gasteiger partial charge >= 0.3 is 5.97 Å². The fraction of sp³-hybridized carbons (Fsp3) is 0.222. The molecule has 0 aliphatic rings. The summed E-state index contributed by atoms with van der Waals surface area (Å²) in [6.45, 7) is 0.0132. The van der Waals surface area contributed by atoms with Crippen LogP contribution in [-0.2, 0) is 4.79 Å². The Hall–Kier alpha value is -1.26. The van der Waals surface area contributed by atoms with E-state index in [1.807, 2.05) is 18.2 Å². The van der Waals surface area contributed by atoms with Crippen LogP contribution in [0.2, 0.25) is 0 Å². The maximum absolute atomic E-state index is 10.2. The minimum Gasteiger partial charge on any atom is -0.479 e. The van der Waals surface area contributed by atoms with E-state index in [1.165, 1.54) is 0 Å². The van der Waals surface area contributed by atoms with Crippen LogP contribution in [0.1, 0.15) is 0 Å². The first-order chi connectivity index (χ1) is 6.20. The Morgan fingerprint density at radius 1 is 1.36 bits per heavy atom. The maximum Gasteiger partial charge on any atom is 0.334 e. The number of hydrogen-bond donors (Lipinski definition) is 3. The predicted molar refractivity (Wildman–Crippen MR) is 55.8 cm³/mol. The molecule has 5 heteroatoms. The highest BCUT2D eigenvalue weighted by Crippen LogP contribution is 2.04. The van der Waals surface area contributed by atoms with Crippen molar-refractivity contribution in [1.82, 2.24) is 0 Å². The summed E-state index contributed by atoms with van der Waals surface area (Å²) in [5, 5.41) is 20.1. The van der Waals surface area contributed by atoms with E-state index in [1.54, 1.807) is 12.1 Å². The lowest BCUT2D eigenvalue weighted by Gasteiger charge is -2.08. The molecule has 78 valence electrons. The van der Waals surface area contributed by atoms with Crippen LogP contribution < -0.4 is 5.32 Å². The lowest BCUT2D eigenvalue weighted by Crippen LogP contribution is -2.28. The Kier molecular flexibility index (Phi) is 5.67. The van der Waals surface area contributed by atoms with Gasteiger partial charge in [0.2, 0.25) is 0 Å². The van der Waals surface area contributed by atoms with Gasteiger partial charge in [-0.2, -0.15) is 0 Å². The van der Waals surface area contributed by atoms with Gasteiger partial charge in [-0.25, -0.2) is 4.79 Å². The van der Waals surface area contributed by atoms with Crippen LogP contribution >= 0.6 is 12.4 Å². The molecule has 0 saturated heterocycles. The number of rotatable bonds is 4. The largest absolute Gasteiger partial charge is 0.479 e. The van der Waals surface area contributed by atoms with E-state index in [-0.39, 0.29) is 19.0 Å². The maximum atomic E-state index is 10.2. The van der Waals surface area contributed by atoms with Gasteiger partial charge in [0.1, 0.15) is 0 Å². The first kappa shape index (κ1) is 12.7. The number of aliphatic hydroxyl groups is 1. The molecule has 0 aliphatic heterocycles. The minimum atomic E-state index is -1.36. The molecule has 3 N–H and O–H groups in total. The molecule has 0 fully saturated rings. The molecule has 0 aromatic heterocycles. The molecule has 0 saturated carbocycles. The number of nitrogens with one attached hydrogen (secondary N) is 1. The zero-order valence-corrected chi connectivity index (χ0v) is 8.20. The first-order valence-corrected chi connectivity index (χ1v) is 3.90. The molecule has 1 aromatic carbocycles. The van der Waals surface area contributed by atoms with Gasteiger partial charge in [-0.3, -0.25) is 0 Å². The lowest BCUT2D eigenvalue weighted by molar-refractivity contribution is -0.145. The second-order valence-corrected chi connectivity index (χ2v) is 2.60. The van der Waals surface area contributed by atoms with Crippen molar-refractivity contribution in [2.24, 2.45) is 0 Å². The molecule has 0 spiro atoms. The van der Waals surface area contributed by atoms with Crippen molar-refractivity contribution in [3.63, 3.8) is 0 Å². The van der Waals surface area contributed by atoms with E-state index in [2.05, 4.69) is 5.32 Å². The number of carbonyl (C=O) groups is 1. The topological polar surface area (TPSA) is 69.6 Å². The van der Waals surface area contributed by atoms with Crippen LogP contribution in [0.3, 0.4) is 0 Å². The summed E-state index contributed by atoms with van der Waals surface area (Å²) in [5.74, 6) is -1.22. The molecule has 1 aromatic rings. The van der Waals surface area contributed by atoms with Crippen molar-refractivity contribution in [3.05, 3.63) is 30.3 Å². The number of benzene rings is 1. The first-order valence-electron chi connectivity index (χ1n) is 3.90. The van der Waals surface area contributed by atoms with Crippen LogP contribution in [0.5, 0.6) is 0 Å². The Morgan fingerprint density at radius 2 is 1.93 bits per heavy atom. The van der Waals surface area contributed by atoms with Gasteiger partial charge < -0.3 is 15.5 Å². The number of aliphatic carboxylic acids is 1. The van der Waals surface area contributed by atoms with Gasteiger partial charge in [-0.1, -0.05) is 18.2 Å². The van der Waals surface area contributed by atoms with Crippen molar-refractivity contribution in [3.8, 4) is 0 Å². The number of halogens is 1. The third kappa shape index (κ3) is 4.11. The quantitative estimate of drug-likeness (QED) is 0.703. The fourth-order valence-electron chi connectivity index (χ4n) is 0.858. The molecule has 0 heterocycles. The molecule has 1 atom stereocenters. The zero-order chi connectivity index (χ0) is 9.68. The van der Waals surface area contributed by atoms with Gasteiger partial charge in [0, 0.05) is 5.69 Å². The van der Waals surface area contributed by atoms with E-state index in [0.717, 1.165) is 5.69 Å². The molecular weight excluding hydrogens is 206 g/mol. The van der Waals surface area contributed by atoms with Crippen LogP contribution in [0, 0.1) is 0 Å². The van der Waals surface area contributed by atoms with Gasteiger partial charge in [0.15, 0.2) is 6.10 Å². The standard InChI is InChI=1S/C9H11NO3.ClH/c11-8(9(12)13)6-10-7-4-2-1-3-5-7;/h1-5,8,10-11H,6H2,(H,12,13);1H/t8-;/m1./s1. The second-order valence-electron chi connectivity index (χ2n) is 2.60. The average Bonchev–Trinajstić information content (AvgIpc) is 2.15. The van der Waals surface area contributed by atoms with Crippen molar-refractivity contribution in [2.75, 3.05) is 11.9 Å². The monoisotopic (exact) mass is 217 g/mol. The number of hydrogen-bond acceptors (Lipinski definition) is 3. The highest BCUT2D eigenvalue weighted by atomic mass is 35.5. The summed E-state index contributed by atoms with van der Waals surface area (Å²) in [4.78, 5) is 10.2. The molecule has 0 amide bonds. The fourth-order valence-corrected chi connectivity index (χ4v) is 0.858. The van der Waals surface area contributed by atoms with Crippen molar-refractivity contribution in [1.29, 1.82) is 0 Å². The number of carboxylic acids is 1. The van der Waals surface area contributed by atoms with E-state index in [9.17, 15) is 4.79 Å². The van der Waals surface area contributed by atoms with Crippen LogP contribution in [0.4, 0.5) is 5.69 Å². The van der Waals surface area contributed by atoms with Gasteiger partial charge in [-0.15, -0.1) is 12.4 Å². The molecule has 0 radical (unpaired) electrons. The van der Waals surface area contributed by atoms with E-state index >= 15 is 0 Å². The van der Waals surface area contributed by atoms with Gasteiger partial charge in [0.05, 0.1) is 6.54 Å². The normalized spacial score (nSPS) is 11.2. The third-order valence-corrected chi connectivity index (χ3v) is 1.56. The zero-order valence-electron chi connectivity index (χ0n) is 7.38. The molecule has 1 rings (SSSR count). The van der Waals surface area contributed by atoms with Crippen molar-refractivity contribution >= 4 is 24.1 Å². The molecule has 14 heavy (non-hydrogen) atoms. The Bertz CT molecular complexity index is 279. The highest BCUT2D eigenvalue weighted by Gasteiger charge is 2.11. The SMILES string of the molecule is Cl.O=C(O)[C@H](O)CNc1ccccc1. The molecule has 4 nitrogen and oxygen atoms in total. The number of carboxylic acid groups (broad SMARTS) is 1. The predicted octanol–water partition coefficient (Wildman–Crippen LogP) is 0.966. The minimum absolute atomic E-state index is 0. The van der Waals surface area contributed by atoms with Crippen molar-refractivity contribution < 1.29 is 15.0 Å². The Labute approximate surface area is 88.0 Å². The average molecular weight is 218 g/mol. The molecule has 0 bridgehead atoms. The summed E-state index contributed by atoms with van der Waals surface area (Å²) in [5.41, 5.74) is 0.794. The van der Waals surface area contributed by atoms with Crippen LogP contribution in [0.15, 0.2) is 30.3 Å². The number of anilines is 1. The highest BCUT2D eigenvalue weighted by molar-refractivity contribution is 5.85. The Morgan fingerprint density at radius 3 is 2.43 bits per heavy atom. The smallest absolute Gasteiger partial charge is 0.334 e. The van der Waals surface area contributed by atoms with Crippen LogP contribution in [-0.4, -0.2) is 28.8 Å². The third-order valence-electron chi connectivity index (χ3n) is 1.56. The summed E-state index contributed by atoms with van der Waals surface area (Å²) in [6, 6.07) is 9.12. The van der Waals surface area contributed by atoms with Gasteiger partial charge in [0.25, 0.3) is 0 Å². The lowest BCUT2D eigenvalue weighted by atomic mass is 10.3. The van der Waals surface area contributed by atoms with Crippen molar-refractivity contribution in [2.45, 2.75) is 6.10 Å². The molecule has 0 unspecified atom stereocenters. The van der Waals surface area contributed by atoms with E-state index in [4.69, 9.17) is 10.2 Å². The molecule has 0 aliphatic carbocycles. The van der Waals surface area contributed by atoms with Crippen LogP contribution in [0.25, 0.3) is 0 Å².